The van der Waals surface area contributed by atoms with Crippen LogP contribution in [0, 0.1) is 0 Å². The maximum atomic E-state index is 12.1. The van der Waals surface area contributed by atoms with Gasteiger partial charge in [-0.3, -0.25) is 0 Å². The summed E-state index contributed by atoms with van der Waals surface area (Å²) >= 11 is 0. The molecular formula is C7H15BF3KN2. The number of hydrogen-bond acceptors (Lipinski definition) is 2. The van der Waals surface area contributed by atoms with Crippen LogP contribution >= 0.6 is 0 Å². The third-order valence-electron chi connectivity index (χ3n) is 2.28. The molecule has 0 N–H and O–H groups in total. The molecule has 1 heterocycles. The van der Waals surface area contributed by atoms with E-state index in [1.807, 2.05) is 7.05 Å². The Kier molecular flexibility index (Phi) is 7.57. The van der Waals surface area contributed by atoms with E-state index in [9.17, 15) is 12.9 Å². The average molecular weight is 234 g/mol. The van der Waals surface area contributed by atoms with Crippen molar-refractivity contribution in [3.8, 4) is 0 Å². The zero-order valence-electron chi connectivity index (χ0n) is 8.85. The van der Waals surface area contributed by atoms with E-state index in [-0.39, 0.29) is 51.4 Å². The maximum Gasteiger partial charge on any atom is 1.00 e. The summed E-state index contributed by atoms with van der Waals surface area (Å²) in [5.74, 6) is 0. The van der Waals surface area contributed by atoms with E-state index in [1.165, 1.54) is 4.90 Å². The Morgan fingerprint density at radius 1 is 1.07 bits per heavy atom. The van der Waals surface area contributed by atoms with Crippen molar-refractivity contribution in [3.63, 3.8) is 0 Å². The average Bonchev–Trinajstić information content (AvgIpc) is 2.12. The standard InChI is InChI=1S/C7H15BF3N2.K/c1-12-3-2-4-13(6-5-12)7-8(9,10)11;/h2-7H2,1H3;/q-1;+1. The van der Waals surface area contributed by atoms with Gasteiger partial charge in [-0.15, -0.1) is 0 Å². The van der Waals surface area contributed by atoms with E-state index < -0.39 is 13.4 Å². The minimum atomic E-state index is -4.65. The summed E-state index contributed by atoms with van der Waals surface area (Å²) in [6.07, 6.45) is 0.135. The van der Waals surface area contributed by atoms with Gasteiger partial charge in [0, 0.05) is 13.1 Å². The van der Waals surface area contributed by atoms with Gasteiger partial charge in [0.25, 0.3) is 0 Å². The zero-order chi connectivity index (χ0) is 9.90. The topological polar surface area (TPSA) is 6.48 Å². The van der Waals surface area contributed by atoms with E-state index in [0.29, 0.717) is 13.1 Å². The second-order valence-electron chi connectivity index (χ2n) is 3.67. The molecule has 1 saturated heterocycles. The van der Waals surface area contributed by atoms with Crippen LogP contribution in [0.1, 0.15) is 6.42 Å². The van der Waals surface area contributed by atoms with Crippen LogP contribution in [0.3, 0.4) is 0 Å². The van der Waals surface area contributed by atoms with Gasteiger partial charge in [-0.25, -0.2) is 0 Å². The molecule has 0 bridgehead atoms. The molecule has 1 aliphatic heterocycles. The summed E-state index contributed by atoms with van der Waals surface area (Å²) in [5.41, 5.74) is 0. The van der Waals surface area contributed by atoms with Crippen LogP contribution in [0.5, 0.6) is 0 Å². The Bertz CT molecular complexity index is 168. The Balaban J connectivity index is 0.00000169. The molecule has 14 heavy (non-hydrogen) atoms. The Hall–Kier alpha value is 1.41. The van der Waals surface area contributed by atoms with Crippen LogP contribution in [-0.2, 0) is 0 Å². The predicted molar refractivity (Wildman–Crippen MR) is 47.6 cm³/mol. The first kappa shape index (κ1) is 15.4. The van der Waals surface area contributed by atoms with Crippen molar-refractivity contribution in [3.05, 3.63) is 0 Å². The first-order valence-corrected chi connectivity index (χ1v) is 4.59. The Morgan fingerprint density at radius 2 is 1.71 bits per heavy atom. The van der Waals surface area contributed by atoms with Crippen molar-refractivity contribution in [1.29, 1.82) is 0 Å². The van der Waals surface area contributed by atoms with Gasteiger partial charge in [0.05, 0.1) is 0 Å². The molecule has 0 unspecified atom stereocenters. The summed E-state index contributed by atoms with van der Waals surface area (Å²) in [7, 11) is 1.95. The van der Waals surface area contributed by atoms with Gasteiger partial charge in [-0.1, -0.05) is 0 Å². The zero-order valence-corrected chi connectivity index (χ0v) is 12.0. The third-order valence-corrected chi connectivity index (χ3v) is 2.28. The Morgan fingerprint density at radius 3 is 2.29 bits per heavy atom. The molecule has 0 aliphatic carbocycles. The van der Waals surface area contributed by atoms with Gasteiger partial charge in [0.1, 0.15) is 0 Å². The molecule has 0 atom stereocenters. The minimum Gasteiger partial charge on any atom is -0.448 e. The molecule has 1 aliphatic rings. The molecule has 0 saturated carbocycles. The van der Waals surface area contributed by atoms with Crippen LogP contribution in [-0.4, -0.2) is 56.4 Å². The summed E-state index contributed by atoms with van der Waals surface area (Å²) in [6, 6.07) is 0. The quantitative estimate of drug-likeness (QED) is 0.511. The van der Waals surface area contributed by atoms with Crippen molar-refractivity contribution in [1.82, 2.24) is 9.80 Å². The molecule has 2 nitrogen and oxygen atoms in total. The molecule has 0 amide bonds. The molecular weight excluding hydrogens is 219 g/mol. The first-order chi connectivity index (χ1) is 5.97. The molecule has 0 aromatic heterocycles. The monoisotopic (exact) mass is 234 g/mol. The second-order valence-corrected chi connectivity index (χ2v) is 3.67. The fourth-order valence-electron chi connectivity index (χ4n) is 1.58. The van der Waals surface area contributed by atoms with E-state index in [1.54, 1.807) is 0 Å². The van der Waals surface area contributed by atoms with E-state index in [2.05, 4.69) is 4.90 Å². The molecule has 1 rings (SSSR count). The van der Waals surface area contributed by atoms with E-state index in [4.69, 9.17) is 0 Å². The first-order valence-electron chi connectivity index (χ1n) is 4.59. The van der Waals surface area contributed by atoms with Crippen LogP contribution in [0.2, 0.25) is 0 Å². The minimum absolute atomic E-state index is 0. The van der Waals surface area contributed by atoms with Gasteiger partial charge in [0.15, 0.2) is 0 Å². The number of halogens is 3. The normalized spacial score (nSPS) is 21.4. The summed E-state index contributed by atoms with van der Waals surface area (Å²) in [6.45, 7) is -1.89. The summed E-state index contributed by atoms with van der Waals surface area (Å²) in [4.78, 5) is 3.58. The molecule has 78 valence electrons. The van der Waals surface area contributed by atoms with Crippen LogP contribution in [0.25, 0.3) is 0 Å². The number of nitrogens with zero attached hydrogens (tertiary/aromatic N) is 2. The van der Waals surface area contributed by atoms with Crippen LogP contribution < -0.4 is 51.4 Å². The third kappa shape index (κ3) is 6.81. The number of rotatable bonds is 2. The fraction of sp³-hybridized carbons (Fsp3) is 1.00. The SMILES string of the molecule is CN1CCCN(C[B-](F)(F)F)CC1.[K+]. The molecule has 0 aromatic rings. The van der Waals surface area contributed by atoms with Crippen molar-refractivity contribution in [2.75, 3.05) is 39.7 Å². The molecule has 0 radical (unpaired) electrons. The molecule has 1 fully saturated rings. The van der Waals surface area contributed by atoms with Gasteiger partial charge in [0.2, 0.25) is 0 Å². The summed E-state index contributed by atoms with van der Waals surface area (Å²) < 4.78 is 36.2. The second kappa shape index (κ2) is 6.88. The molecule has 0 spiro atoms. The van der Waals surface area contributed by atoms with Crippen LogP contribution in [0.15, 0.2) is 0 Å². The Labute approximate surface area is 126 Å². The van der Waals surface area contributed by atoms with Gasteiger partial charge >= 0.3 is 58.4 Å². The smallest absolute Gasteiger partial charge is 0.448 e. The fourth-order valence-corrected chi connectivity index (χ4v) is 1.58. The van der Waals surface area contributed by atoms with Crippen LogP contribution in [0.4, 0.5) is 12.9 Å². The van der Waals surface area contributed by atoms with Crippen molar-refractivity contribution < 1.29 is 64.3 Å². The summed E-state index contributed by atoms with van der Waals surface area (Å²) in [5, 5.41) is 0. The molecule has 0 aromatic carbocycles. The van der Waals surface area contributed by atoms with E-state index >= 15 is 0 Å². The van der Waals surface area contributed by atoms with Crippen molar-refractivity contribution >= 4 is 6.98 Å². The van der Waals surface area contributed by atoms with Gasteiger partial charge in [-0.05, 0) is 33.0 Å². The number of hydrogen-bond donors (Lipinski definition) is 0. The largest absolute Gasteiger partial charge is 1.00 e. The predicted octanol–water partition coefficient (Wildman–Crippen LogP) is -1.99. The van der Waals surface area contributed by atoms with Crippen molar-refractivity contribution in [2.24, 2.45) is 0 Å². The van der Waals surface area contributed by atoms with Crippen molar-refractivity contribution in [2.45, 2.75) is 6.42 Å². The van der Waals surface area contributed by atoms with E-state index in [0.717, 1.165) is 19.5 Å². The van der Waals surface area contributed by atoms with Gasteiger partial charge < -0.3 is 22.7 Å². The molecule has 7 heteroatoms. The van der Waals surface area contributed by atoms with Gasteiger partial charge in [-0.2, -0.15) is 0 Å². The maximum absolute atomic E-state index is 12.1. The number of likely N-dealkylation sites (N-methyl/N-ethyl adjacent to an activating group) is 1.